The molecule has 3 aliphatic rings. The number of rotatable bonds is 2. The van der Waals surface area contributed by atoms with Gasteiger partial charge in [-0.1, -0.05) is 24.8 Å². The van der Waals surface area contributed by atoms with Gasteiger partial charge in [-0.15, -0.1) is 0 Å². The Labute approximate surface area is 175 Å². The number of aromatic nitrogens is 3. The first kappa shape index (κ1) is 17.4. The third-order valence-corrected chi connectivity index (χ3v) is 6.16. The van der Waals surface area contributed by atoms with Crippen LogP contribution in [0.3, 0.4) is 0 Å². The maximum Gasteiger partial charge on any atom is 0.191 e. The molecule has 2 aromatic heterocycles. The average molecular weight is 397 g/mol. The van der Waals surface area contributed by atoms with Crippen LogP contribution in [0.5, 0.6) is 0 Å². The summed E-state index contributed by atoms with van der Waals surface area (Å²) in [5.74, 6) is 2.22. The highest BCUT2D eigenvalue weighted by Crippen LogP contribution is 2.40. The Kier molecular flexibility index (Phi) is 3.81. The molecule has 1 saturated carbocycles. The van der Waals surface area contributed by atoms with Crippen LogP contribution < -0.4 is 0 Å². The molecule has 0 spiro atoms. The monoisotopic (exact) mass is 397 g/mol. The fourth-order valence-corrected chi connectivity index (χ4v) is 4.43. The highest BCUT2D eigenvalue weighted by atomic mass is 16.3. The number of fused-ring (bicyclic) bond motifs is 3. The van der Waals surface area contributed by atoms with E-state index < -0.39 is 0 Å². The van der Waals surface area contributed by atoms with Crippen molar-refractivity contribution in [3.05, 3.63) is 78.0 Å². The molecule has 4 heterocycles. The topological polar surface area (TPSA) is 59.5 Å². The van der Waals surface area contributed by atoms with Crippen molar-refractivity contribution >= 4 is 11.5 Å². The summed E-state index contributed by atoms with van der Waals surface area (Å²) in [5.41, 5.74) is 7.86. The number of imidazole rings is 1. The molecular weight excluding hydrogens is 374 g/mol. The van der Waals surface area contributed by atoms with E-state index in [-0.39, 0.29) is 0 Å². The van der Waals surface area contributed by atoms with Crippen LogP contribution in [0, 0.1) is 6.92 Å². The summed E-state index contributed by atoms with van der Waals surface area (Å²) < 4.78 is 7.53. The molecule has 30 heavy (non-hydrogen) atoms. The fraction of sp³-hybridized carbons (Fsp3) is 0.292. The smallest absolute Gasteiger partial charge is 0.191 e. The molecule has 6 nitrogen and oxygen atoms in total. The normalized spacial score (nSPS) is 18.4. The molecular formula is C24H23N5O. The Hall–Kier alpha value is -3.41. The van der Waals surface area contributed by atoms with E-state index >= 15 is 0 Å². The van der Waals surface area contributed by atoms with E-state index in [1.807, 2.05) is 13.3 Å². The zero-order chi connectivity index (χ0) is 20.2. The maximum absolute atomic E-state index is 5.48. The molecule has 0 amide bonds. The van der Waals surface area contributed by atoms with Crippen LogP contribution in [-0.2, 0) is 6.42 Å². The van der Waals surface area contributed by atoms with Gasteiger partial charge < -0.3 is 9.32 Å². The summed E-state index contributed by atoms with van der Waals surface area (Å²) in [4.78, 5) is 16.3. The van der Waals surface area contributed by atoms with Gasteiger partial charge in [0, 0.05) is 48.5 Å². The summed E-state index contributed by atoms with van der Waals surface area (Å²) in [6.45, 7) is 7.66. The molecule has 6 heteroatoms. The summed E-state index contributed by atoms with van der Waals surface area (Å²) >= 11 is 0. The Morgan fingerprint density at radius 3 is 2.87 bits per heavy atom. The van der Waals surface area contributed by atoms with Crippen molar-refractivity contribution in [2.75, 3.05) is 13.1 Å². The predicted octanol–water partition coefficient (Wildman–Crippen LogP) is 4.40. The molecule has 150 valence electrons. The van der Waals surface area contributed by atoms with Crippen LogP contribution in [0.2, 0.25) is 0 Å². The minimum absolute atomic E-state index is 0.587. The number of aliphatic imine (C=N–C) groups is 1. The largest absolute Gasteiger partial charge is 0.449 e. The molecule has 2 aliphatic heterocycles. The highest BCUT2D eigenvalue weighted by molar-refractivity contribution is 6.02. The molecule has 1 aliphatic carbocycles. The summed E-state index contributed by atoms with van der Waals surface area (Å²) in [7, 11) is 0. The number of nitrogens with zero attached hydrogens (tertiary/aromatic N) is 5. The lowest BCUT2D eigenvalue weighted by Crippen LogP contribution is -2.29. The minimum Gasteiger partial charge on any atom is -0.449 e. The highest BCUT2D eigenvalue weighted by Gasteiger charge is 2.29. The Morgan fingerprint density at radius 1 is 1.20 bits per heavy atom. The van der Waals surface area contributed by atoms with E-state index in [0.717, 1.165) is 41.5 Å². The first-order chi connectivity index (χ1) is 14.7. The molecule has 0 bridgehead atoms. The van der Waals surface area contributed by atoms with Gasteiger partial charge in [-0.2, -0.15) is 0 Å². The SMILES string of the molecule is C=C1CN=C(n2cnc(C3CC3)c2)C=C2c3cccc(-c4coc(C)n4)c3CCN12. The lowest BCUT2D eigenvalue weighted by molar-refractivity contribution is 0.473. The third-order valence-electron chi connectivity index (χ3n) is 6.16. The van der Waals surface area contributed by atoms with Crippen molar-refractivity contribution in [1.29, 1.82) is 0 Å². The Bertz CT molecular complexity index is 1220. The zero-order valence-electron chi connectivity index (χ0n) is 17.0. The second-order valence-corrected chi connectivity index (χ2v) is 8.24. The molecule has 6 rings (SSSR count). The zero-order valence-corrected chi connectivity index (χ0v) is 17.0. The molecule has 0 unspecified atom stereocenters. The van der Waals surface area contributed by atoms with Gasteiger partial charge >= 0.3 is 0 Å². The van der Waals surface area contributed by atoms with E-state index in [2.05, 4.69) is 56.5 Å². The number of allylic oxidation sites excluding steroid dienone is 1. The minimum atomic E-state index is 0.587. The molecule has 0 radical (unpaired) electrons. The van der Waals surface area contributed by atoms with Crippen molar-refractivity contribution < 1.29 is 4.42 Å². The lowest BCUT2D eigenvalue weighted by Gasteiger charge is -2.34. The third kappa shape index (κ3) is 2.83. The van der Waals surface area contributed by atoms with Crippen molar-refractivity contribution in [3.63, 3.8) is 0 Å². The second-order valence-electron chi connectivity index (χ2n) is 8.24. The van der Waals surface area contributed by atoms with Crippen LogP contribution in [-0.4, -0.2) is 38.4 Å². The van der Waals surface area contributed by atoms with E-state index in [9.17, 15) is 0 Å². The molecule has 0 N–H and O–H groups in total. The van der Waals surface area contributed by atoms with Gasteiger partial charge in [-0.25, -0.2) is 9.97 Å². The van der Waals surface area contributed by atoms with E-state index in [0.29, 0.717) is 18.4 Å². The predicted molar refractivity (Wildman–Crippen MR) is 116 cm³/mol. The number of oxazole rings is 1. The fourth-order valence-electron chi connectivity index (χ4n) is 4.43. The van der Waals surface area contributed by atoms with Crippen molar-refractivity contribution in [3.8, 4) is 11.3 Å². The molecule has 1 aromatic carbocycles. The van der Waals surface area contributed by atoms with Gasteiger partial charge in [0.15, 0.2) is 5.89 Å². The summed E-state index contributed by atoms with van der Waals surface area (Å²) in [6.07, 6.45) is 11.4. The molecule has 1 fully saturated rings. The Balaban J connectivity index is 1.46. The van der Waals surface area contributed by atoms with Crippen LogP contribution in [0.25, 0.3) is 17.0 Å². The molecule has 0 atom stereocenters. The van der Waals surface area contributed by atoms with Gasteiger partial charge in [-0.3, -0.25) is 9.56 Å². The van der Waals surface area contributed by atoms with E-state index in [1.165, 1.54) is 29.7 Å². The van der Waals surface area contributed by atoms with Crippen molar-refractivity contribution in [2.24, 2.45) is 4.99 Å². The van der Waals surface area contributed by atoms with E-state index in [1.54, 1.807) is 6.26 Å². The van der Waals surface area contributed by atoms with Gasteiger partial charge in [0.2, 0.25) is 0 Å². The van der Waals surface area contributed by atoms with Gasteiger partial charge in [-0.05, 0) is 24.8 Å². The number of hydrogen-bond donors (Lipinski definition) is 0. The quantitative estimate of drug-likeness (QED) is 0.643. The van der Waals surface area contributed by atoms with Gasteiger partial charge in [0.1, 0.15) is 24.1 Å². The first-order valence-electron chi connectivity index (χ1n) is 10.5. The standard InChI is InChI=1S/C24H23N5O/c1-15-11-25-24(28-12-21(26-14-28)17-6-7-17)10-23-20-5-3-4-19(18(20)8-9-29(15)23)22-13-30-16(2)27-22/h3-5,10,12-14,17H,1,6-9,11H2,2H3. The Morgan fingerprint density at radius 2 is 2.07 bits per heavy atom. The van der Waals surface area contributed by atoms with Crippen LogP contribution in [0.4, 0.5) is 0 Å². The lowest BCUT2D eigenvalue weighted by atomic mass is 9.90. The number of hydrogen-bond acceptors (Lipinski definition) is 5. The van der Waals surface area contributed by atoms with Crippen LogP contribution >= 0.6 is 0 Å². The van der Waals surface area contributed by atoms with E-state index in [4.69, 9.17) is 9.41 Å². The van der Waals surface area contributed by atoms with Gasteiger partial charge in [0.05, 0.1) is 17.9 Å². The van der Waals surface area contributed by atoms with Crippen molar-refractivity contribution in [2.45, 2.75) is 32.1 Å². The molecule has 3 aromatic rings. The number of benzene rings is 1. The van der Waals surface area contributed by atoms with Crippen molar-refractivity contribution in [1.82, 2.24) is 19.4 Å². The average Bonchev–Trinajstić information content (AvgIpc) is 3.38. The summed E-state index contributed by atoms with van der Waals surface area (Å²) in [6, 6.07) is 6.41. The molecule has 0 saturated heterocycles. The van der Waals surface area contributed by atoms with Crippen LogP contribution in [0.1, 0.15) is 41.5 Å². The maximum atomic E-state index is 5.48. The van der Waals surface area contributed by atoms with Gasteiger partial charge in [0.25, 0.3) is 0 Å². The first-order valence-corrected chi connectivity index (χ1v) is 10.5. The summed E-state index contributed by atoms with van der Waals surface area (Å²) in [5, 5.41) is 0. The second kappa shape index (κ2) is 6.55. The van der Waals surface area contributed by atoms with Crippen LogP contribution in [0.15, 0.2) is 64.7 Å². The number of aryl methyl sites for hydroxylation is 1.